The second-order valence-electron chi connectivity index (χ2n) is 4.20. The van der Waals surface area contributed by atoms with Crippen molar-refractivity contribution in [3.63, 3.8) is 0 Å². The van der Waals surface area contributed by atoms with E-state index in [4.69, 9.17) is 5.73 Å². The molecule has 0 aromatic carbocycles. The molecule has 17 heavy (non-hydrogen) atoms. The topological polar surface area (TPSA) is 135 Å². The quantitative estimate of drug-likeness (QED) is 0.279. The van der Waals surface area contributed by atoms with Crippen molar-refractivity contribution in [2.24, 2.45) is 10.7 Å². The average Bonchev–Trinajstić information content (AvgIpc) is 2.26. The van der Waals surface area contributed by atoms with Gasteiger partial charge in [0.15, 0.2) is 5.96 Å². The molecular formula is C9H17N5O3. The van der Waals surface area contributed by atoms with Crippen LogP contribution in [0.15, 0.2) is 16.6 Å². The molecule has 1 saturated heterocycles. The lowest BCUT2D eigenvalue weighted by Gasteiger charge is -2.38. The van der Waals surface area contributed by atoms with Gasteiger partial charge < -0.3 is 31.7 Å². The van der Waals surface area contributed by atoms with Crippen molar-refractivity contribution in [3.8, 4) is 0 Å². The van der Waals surface area contributed by atoms with Crippen molar-refractivity contribution < 1.29 is 15.3 Å². The monoisotopic (exact) mass is 243 g/mol. The number of rotatable bonds is 2. The lowest BCUT2D eigenvalue weighted by Crippen LogP contribution is -2.66. The normalized spacial score (nSPS) is 31.8. The van der Waals surface area contributed by atoms with Crippen LogP contribution in [-0.2, 0) is 0 Å². The van der Waals surface area contributed by atoms with E-state index in [0.29, 0.717) is 12.2 Å². The van der Waals surface area contributed by atoms with Gasteiger partial charge in [-0.3, -0.25) is 5.32 Å². The van der Waals surface area contributed by atoms with Gasteiger partial charge in [0.2, 0.25) is 5.88 Å². The lowest BCUT2D eigenvalue weighted by molar-refractivity contribution is 0.00106. The van der Waals surface area contributed by atoms with Gasteiger partial charge >= 0.3 is 0 Å². The molecule has 0 aliphatic carbocycles. The number of nitrogens with one attached hydrogen (secondary N) is 3. The summed E-state index contributed by atoms with van der Waals surface area (Å²) in [6.07, 6.45) is -2.20. The largest absolute Gasteiger partial charge is 0.492 e. The Morgan fingerprint density at radius 1 is 1.47 bits per heavy atom. The molecule has 0 amide bonds. The zero-order chi connectivity index (χ0) is 12.6. The maximum atomic E-state index is 9.75. The Balaban J connectivity index is 2.10. The average molecular weight is 243 g/mol. The van der Waals surface area contributed by atoms with Gasteiger partial charge in [-0.15, -0.1) is 0 Å². The Morgan fingerprint density at radius 2 is 2.18 bits per heavy atom. The second kappa shape index (κ2) is 4.40. The number of piperazine rings is 1. The molecule has 4 atom stereocenters. The molecule has 0 aromatic heterocycles. The second-order valence-corrected chi connectivity index (χ2v) is 4.20. The van der Waals surface area contributed by atoms with Crippen LogP contribution >= 0.6 is 0 Å². The Morgan fingerprint density at radius 3 is 2.82 bits per heavy atom. The smallest absolute Gasteiger partial charge is 0.237 e. The number of hydrogen-bond acceptors (Lipinski definition) is 8. The molecule has 4 unspecified atom stereocenters. The highest BCUT2D eigenvalue weighted by Gasteiger charge is 2.34. The number of aliphatic imine (C=N–C) groups is 1. The molecule has 1 fully saturated rings. The van der Waals surface area contributed by atoms with Crippen LogP contribution < -0.4 is 21.7 Å². The van der Waals surface area contributed by atoms with E-state index in [-0.39, 0.29) is 17.9 Å². The molecule has 2 aliphatic heterocycles. The minimum absolute atomic E-state index is 0.0951. The van der Waals surface area contributed by atoms with Crippen LogP contribution in [-0.4, -0.2) is 52.2 Å². The molecule has 0 radical (unpaired) electrons. The lowest BCUT2D eigenvalue weighted by atomic mass is 10.0. The van der Waals surface area contributed by atoms with E-state index in [1.165, 1.54) is 6.92 Å². The van der Waals surface area contributed by atoms with Crippen molar-refractivity contribution in [3.05, 3.63) is 11.6 Å². The van der Waals surface area contributed by atoms with E-state index in [9.17, 15) is 15.3 Å². The summed E-state index contributed by atoms with van der Waals surface area (Å²) in [5, 5.41) is 37.4. The fourth-order valence-corrected chi connectivity index (χ4v) is 1.91. The Labute approximate surface area is 98.2 Å². The van der Waals surface area contributed by atoms with Gasteiger partial charge in [0.25, 0.3) is 0 Å². The summed E-state index contributed by atoms with van der Waals surface area (Å²) in [7, 11) is 0. The summed E-state index contributed by atoms with van der Waals surface area (Å²) in [6.45, 7) is 1.89. The van der Waals surface area contributed by atoms with Crippen molar-refractivity contribution in [2.45, 2.75) is 31.3 Å². The predicted molar refractivity (Wildman–Crippen MR) is 60.8 cm³/mol. The number of aliphatic hydroxyl groups excluding tert-OH is 3. The predicted octanol–water partition coefficient (Wildman–Crippen LogP) is -2.74. The van der Waals surface area contributed by atoms with Gasteiger partial charge in [-0.1, -0.05) is 0 Å². The van der Waals surface area contributed by atoms with E-state index in [1.54, 1.807) is 0 Å². The Kier molecular flexibility index (Phi) is 3.09. The molecule has 0 aromatic rings. The number of guanidine groups is 1. The third kappa shape index (κ3) is 2.28. The van der Waals surface area contributed by atoms with E-state index in [2.05, 4.69) is 20.9 Å². The molecule has 2 heterocycles. The molecule has 2 rings (SSSR count). The highest BCUT2D eigenvalue weighted by Crippen LogP contribution is 2.14. The molecule has 0 saturated carbocycles. The van der Waals surface area contributed by atoms with E-state index >= 15 is 0 Å². The summed E-state index contributed by atoms with van der Waals surface area (Å²) < 4.78 is 0. The number of hydrogen-bond donors (Lipinski definition) is 7. The summed E-state index contributed by atoms with van der Waals surface area (Å²) in [4.78, 5) is 3.68. The van der Waals surface area contributed by atoms with Gasteiger partial charge in [-0.2, -0.15) is 4.99 Å². The highest BCUT2D eigenvalue weighted by atomic mass is 16.3. The van der Waals surface area contributed by atoms with Gasteiger partial charge in [0.05, 0.1) is 18.2 Å². The molecule has 8 heteroatoms. The maximum Gasteiger partial charge on any atom is 0.237 e. The number of fused-ring (bicyclic) bond motifs is 1. The third-order valence-electron chi connectivity index (χ3n) is 2.85. The SMILES string of the molecule is CC(O)C(O)C1CNC2=C(O)N=C(N)NC2N1. The molecule has 96 valence electrons. The van der Waals surface area contributed by atoms with Crippen LogP contribution in [0.1, 0.15) is 6.92 Å². The summed E-state index contributed by atoms with van der Waals surface area (Å²) in [5.41, 5.74) is 5.96. The molecule has 0 bridgehead atoms. The van der Waals surface area contributed by atoms with E-state index < -0.39 is 18.4 Å². The molecule has 8 nitrogen and oxygen atoms in total. The number of nitrogens with zero attached hydrogens (tertiary/aromatic N) is 1. The number of nitrogens with two attached hydrogens (primary N) is 1. The minimum Gasteiger partial charge on any atom is -0.492 e. The minimum atomic E-state index is -0.909. The van der Waals surface area contributed by atoms with Crippen molar-refractivity contribution in [1.82, 2.24) is 16.0 Å². The van der Waals surface area contributed by atoms with Crippen molar-refractivity contribution >= 4 is 5.96 Å². The summed E-state index contributed by atoms with van der Waals surface area (Å²) in [6, 6.07) is -0.352. The maximum absolute atomic E-state index is 9.75. The van der Waals surface area contributed by atoms with Crippen LogP contribution in [0.25, 0.3) is 0 Å². The van der Waals surface area contributed by atoms with Crippen LogP contribution in [0.4, 0.5) is 0 Å². The molecule has 8 N–H and O–H groups in total. The van der Waals surface area contributed by atoms with Crippen molar-refractivity contribution in [1.29, 1.82) is 0 Å². The van der Waals surface area contributed by atoms with Gasteiger partial charge in [-0.05, 0) is 6.92 Å². The first-order chi connectivity index (χ1) is 7.99. The summed E-state index contributed by atoms with van der Waals surface area (Å²) >= 11 is 0. The van der Waals surface area contributed by atoms with Crippen LogP contribution in [0.5, 0.6) is 0 Å². The standard InChI is InChI=1S/C9H17N5O3/c1-3(15)6(16)4-2-11-5-7(12-4)13-9(10)14-8(5)17/h3-4,6-7,11-12,15-17H,2H2,1H3,(H3,10,13,14). The number of aliphatic hydroxyl groups is 3. The first-order valence-corrected chi connectivity index (χ1v) is 5.39. The van der Waals surface area contributed by atoms with Gasteiger partial charge in [0.1, 0.15) is 11.9 Å². The van der Waals surface area contributed by atoms with Gasteiger partial charge in [0, 0.05) is 6.54 Å². The Bertz CT molecular complexity index is 368. The third-order valence-corrected chi connectivity index (χ3v) is 2.85. The highest BCUT2D eigenvalue weighted by molar-refractivity contribution is 5.80. The molecular weight excluding hydrogens is 226 g/mol. The van der Waals surface area contributed by atoms with Crippen LogP contribution in [0.2, 0.25) is 0 Å². The zero-order valence-electron chi connectivity index (χ0n) is 9.38. The van der Waals surface area contributed by atoms with E-state index in [1.807, 2.05) is 0 Å². The Hall–Kier alpha value is -1.51. The first-order valence-electron chi connectivity index (χ1n) is 5.39. The zero-order valence-corrected chi connectivity index (χ0v) is 9.38. The van der Waals surface area contributed by atoms with E-state index in [0.717, 1.165) is 0 Å². The fourth-order valence-electron chi connectivity index (χ4n) is 1.91. The molecule has 0 spiro atoms. The molecule has 2 aliphatic rings. The van der Waals surface area contributed by atoms with Crippen molar-refractivity contribution in [2.75, 3.05) is 6.54 Å². The summed E-state index contributed by atoms with van der Waals surface area (Å²) in [5.74, 6) is -0.0820. The van der Waals surface area contributed by atoms with Crippen LogP contribution in [0, 0.1) is 0 Å². The fraction of sp³-hybridized carbons (Fsp3) is 0.667. The van der Waals surface area contributed by atoms with Crippen LogP contribution in [0.3, 0.4) is 0 Å². The van der Waals surface area contributed by atoms with Gasteiger partial charge in [-0.25, -0.2) is 0 Å². The first kappa shape index (κ1) is 12.0.